The van der Waals surface area contributed by atoms with Gasteiger partial charge in [0.1, 0.15) is 0 Å². The average molecular weight is 318 g/mol. The molecule has 1 aliphatic rings. The standard InChI is InChI=1S/C17H22N2O2S/c1-20-10-11-22-17-18-12-16(14-6-3-2-4-7-14)19(17)13-15-8-5-9-21-15/h2-4,6-7,12,15H,5,8-11,13H2,1H3. The van der Waals surface area contributed by atoms with Gasteiger partial charge in [-0.25, -0.2) is 4.98 Å². The van der Waals surface area contributed by atoms with E-state index >= 15 is 0 Å². The van der Waals surface area contributed by atoms with Crippen LogP contribution in [0.25, 0.3) is 11.3 Å². The zero-order valence-electron chi connectivity index (χ0n) is 12.9. The molecule has 1 aliphatic heterocycles. The van der Waals surface area contributed by atoms with Crippen molar-refractivity contribution >= 4 is 11.8 Å². The molecule has 0 bridgehead atoms. The zero-order chi connectivity index (χ0) is 15.2. The molecule has 0 spiro atoms. The first kappa shape index (κ1) is 15.6. The minimum Gasteiger partial charge on any atom is -0.384 e. The SMILES string of the molecule is COCCSc1ncc(-c2ccccc2)n1CC1CCCO1. The Hall–Kier alpha value is -1.30. The Kier molecular flexibility index (Phi) is 5.53. The summed E-state index contributed by atoms with van der Waals surface area (Å²) in [5.74, 6) is 0.910. The van der Waals surface area contributed by atoms with Gasteiger partial charge in [0.2, 0.25) is 0 Å². The largest absolute Gasteiger partial charge is 0.384 e. The molecule has 2 aromatic rings. The van der Waals surface area contributed by atoms with E-state index in [1.165, 1.54) is 5.56 Å². The molecule has 3 rings (SSSR count). The van der Waals surface area contributed by atoms with Gasteiger partial charge in [-0.1, -0.05) is 42.1 Å². The third-order valence-corrected chi connectivity index (χ3v) is 4.77. The van der Waals surface area contributed by atoms with Crippen molar-refractivity contribution in [2.75, 3.05) is 26.1 Å². The maximum Gasteiger partial charge on any atom is 0.168 e. The van der Waals surface area contributed by atoms with Gasteiger partial charge in [0.25, 0.3) is 0 Å². The van der Waals surface area contributed by atoms with Crippen LogP contribution < -0.4 is 0 Å². The predicted molar refractivity (Wildman–Crippen MR) is 89.2 cm³/mol. The molecule has 5 heteroatoms. The molecule has 2 heterocycles. The number of ether oxygens (including phenoxy) is 2. The van der Waals surface area contributed by atoms with Crippen LogP contribution in [0.15, 0.2) is 41.7 Å². The summed E-state index contributed by atoms with van der Waals surface area (Å²) in [6.45, 7) is 2.49. The molecule has 118 valence electrons. The molecule has 1 fully saturated rings. The number of methoxy groups -OCH3 is 1. The van der Waals surface area contributed by atoms with Crippen molar-refractivity contribution in [3.63, 3.8) is 0 Å². The van der Waals surface area contributed by atoms with Crippen molar-refractivity contribution in [1.29, 1.82) is 0 Å². The highest BCUT2D eigenvalue weighted by atomic mass is 32.2. The molecule has 1 unspecified atom stereocenters. The number of imidazole rings is 1. The molecule has 0 aliphatic carbocycles. The fourth-order valence-corrected chi connectivity index (χ4v) is 3.59. The predicted octanol–water partition coefficient (Wildman–Crippen LogP) is 3.47. The molecular weight excluding hydrogens is 296 g/mol. The molecule has 4 nitrogen and oxygen atoms in total. The van der Waals surface area contributed by atoms with Crippen LogP contribution in [0.2, 0.25) is 0 Å². The van der Waals surface area contributed by atoms with Gasteiger partial charge < -0.3 is 14.0 Å². The molecule has 1 atom stereocenters. The van der Waals surface area contributed by atoms with E-state index in [1.54, 1.807) is 18.9 Å². The Morgan fingerprint density at radius 1 is 1.36 bits per heavy atom. The number of hydrogen-bond acceptors (Lipinski definition) is 4. The monoisotopic (exact) mass is 318 g/mol. The number of rotatable bonds is 7. The van der Waals surface area contributed by atoms with Crippen LogP contribution in [0.5, 0.6) is 0 Å². The highest BCUT2D eigenvalue weighted by Gasteiger charge is 2.20. The van der Waals surface area contributed by atoms with Crippen LogP contribution in [0, 0.1) is 0 Å². The molecule has 0 radical (unpaired) electrons. The Morgan fingerprint density at radius 3 is 2.95 bits per heavy atom. The third-order valence-electron chi connectivity index (χ3n) is 3.82. The molecule has 0 amide bonds. The lowest BCUT2D eigenvalue weighted by molar-refractivity contribution is 0.0953. The van der Waals surface area contributed by atoms with E-state index < -0.39 is 0 Å². The number of nitrogens with zero attached hydrogens (tertiary/aromatic N) is 2. The van der Waals surface area contributed by atoms with Gasteiger partial charge in [-0.05, 0) is 18.4 Å². The average Bonchev–Trinajstić information content (AvgIpc) is 3.20. The minimum atomic E-state index is 0.304. The first-order valence-corrected chi connectivity index (χ1v) is 8.71. The summed E-state index contributed by atoms with van der Waals surface area (Å²) >= 11 is 1.74. The molecule has 1 aromatic carbocycles. The maximum atomic E-state index is 5.82. The minimum absolute atomic E-state index is 0.304. The van der Waals surface area contributed by atoms with Gasteiger partial charge in [0.15, 0.2) is 5.16 Å². The van der Waals surface area contributed by atoms with Gasteiger partial charge in [0, 0.05) is 19.5 Å². The van der Waals surface area contributed by atoms with E-state index in [1.807, 2.05) is 12.3 Å². The lowest BCUT2D eigenvalue weighted by Gasteiger charge is -2.16. The Labute approximate surface area is 135 Å². The normalized spacial score (nSPS) is 18.0. The van der Waals surface area contributed by atoms with Gasteiger partial charge in [-0.3, -0.25) is 0 Å². The van der Waals surface area contributed by atoms with Gasteiger partial charge in [-0.2, -0.15) is 0 Å². The highest BCUT2D eigenvalue weighted by molar-refractivity contribution is 7.99. The van der Waals surface area contributed by atoms with Crippen LogP contribution in [-0.4, -0.2) is 41.7 Å². The summed E-state index contributed by atoms with van der Waals surface area (Å²) in [6, 6.07) is 10.4. The number of thioether (sulfide) groups is 1. The zero-order valence-corrected chi connectivity index (χ0v) is 13.7. The van der Waals surface area contributed by atoms with Crippen molar-refractivity contribution in [2.24, 2.45) is 0 Å². The second kappa shape index (κ2) is 7.81. The van der Waals surface area contributed by atoms with E-state index in [4.69, 9.17) is 9.47 Å². The van der Waals surface area contributed by atoms with E-state index in [9.17, 15) is 0 Å². The fourth-order valence-electron chi connectivity index (χ4n) is 2.70. The summed E-state index contributed by atoms with van der Waals surface area (Å²) in [5, 5.41) is 1.05. The number of aromatic nitrogens is 2. The van der Waals surface area contributed by atoms with Gasteiger partial charge in [0.05, 0.1) is 31.1 Å². The topological polar surface area (TPSA) is 36.3 Å². The number of hydrogen-bond donors (Lipinski definition) is 0. The van der Waals surface area contributed by atoms with Crippen LogP contribution in [-0.2, 0) is 16.0 Å². The second-order valence-electron chi connectivity index (χ2n) is 5.38. The first-order chi connectivity index (χ1) is 10.9. The van der Waals surface area contributed by atoms with E-state index in [-0.39, 0.29) is 0 Å². The second-order valence-corrected chi connectivity index (χ2v) is 6.44. The van der Waals surface area contributed by atoms with Crippen molar-refractivity contribution in [3.8, 4) is 11.3 Å². The van der Waals surface area contributed by atoms with Gasteiger partial charge >= 0.3 is 0 Å². The van der Waals surface area contributed by atoms with Crippen LogP contribution in [0.3, 0.4) is 0 Å². The molecular formula is C17H22N2O2S. The van der Waals surface area contributed by atoms with Crippen LogP contribution in [0.4, 0.5) is 0 Å². The molecule has 22 heavy (non-hydrogen) atoms. The maximum absolute atomic E-state index is 5.82. The third kappa shape index (κ3) is 3.72. The Morgan fingerprint density at radius 2 is 2.23 bits per heavy atom. The van der Waals surface area contributed by atoms with Crippen molar-refractivity contribution in [3.05, 3.63) is 36.5 Å². The summed E-state index contributed by atoms with van der Waals surface area (Å²) in [7, 11) is 1.73. The summed E-state index contributed by atoms with van der Waals surface area (Å²) < 4.78 is 13.3. The molecule has 1 aromatic heterocycles. The summed E-state index contributed by atoms with van der Waals surface area (Å²) in [6.07, 6.45) is 4.57. The van der Waals surface area contributed by atoms with Crippen molar-refractivity contribution < 1.29 is 9.47 Å². The summed E-state index contributed by atoms with van der Waals surface area (Å²) in [5.41, 5.74) is 2.36. The fraction of sp³-hybridized carbons (Fsp3) is 0.471. The van der Waals surface area contributed by atoms with E-state index in [0.717, 1.165) is 49.2 Å². The number of benzene rings is 1. The van der Waals surface area contributed by atoms with Crippen LogP contribution >= 0.6 is 11.8 Å². The molecule has 0 saturated carbocycles. The van der Waals surface area contributed by atoms with Crippen molar-refractivity contribution in [1.82, 2.24) is 9.55 Å². The van der Waals surface area contributed by atoms with Crippen molar-refractivity contribution in [2.45, 2.75) is 30.6 Å². The lowest BCUT2D eigenvalue weighted by Crippen LogP contribution is -2.16. The lowest BCUT2D eigenvalue weighted by atomic mass is 10.1. The molecule has 1 saturated heterocycles. The quantitative estimate of drug-likeness (QED) is 0.578. The van der Waals surface area contributed by atoms with Gasteiger partial charge in [-0.15, -0.1) is 0 Å². The smallest absolute Gasteiger partial charge is 0.168 e. The van der Waals surface area contributed by atoms with E-state index in [0.29, 0.717) is 6.10 Å². The Balaban J connectivity index is 1.84. The summed E-state index contributed by atoms with van der Waals surface area (Å²) in [4.78, 5) is 4.62. The van der Waals surface area contributed by atoms with E-state index in [2.05, 4.69) is 33.8 Å². The van der Waals surface area contributed by atoms with Crippen LogP contribution in [0.1, 0.15) is 12.8 Å². The molecule has 0 N–H and O–H groups in total. The first-order valence-electron chi connectivity index (χ1n) is 7.73. The Bertz CT molecular complexity index is 580. The highest BCUT2D eigenvalue weighted by Crippen LogP contribution is 2.28.